The molecule has 5 nitrogen and oxygen atoms in total. The van der Waals surface area contributed by atoms with Gasteiger partial charge < -0.3 is 15.4 Å². The van der Waals surface area contributed by atoms with Crippen molar-refractivity contribution in [2.45, 2.75) is 18.9 Å². The van der Waals surface area contributed by atoms with Crippen LogP contribution in [0.2, 0.25) is 0 Å². The van der Waals surface area contributed by atoms with Gasteiger partial charge in [-0.3, -0.25) is 0 Å². The number of hydrogen-bond donors (Lipinski definition) is 1. The maximum Gasteiger partial charge on any atom is 0.232 e. The lowest BCUT2D eigenvalue weighted by molar-refractivity contribution is 0.393. The van der Waals surface area contributed by atoms with E-state index in [2.05, 4.69) is 30.8 Å². The Labute approximate surface area is 103 Å². The number of methoxy groups -OCH3 is 1. The summed E-state index contributed by atoms with van der Waals surface area (Å²) in [5.41, 5.74) is 5.60. The number of nitrogens with zero attached hydrogens (tertiary/aromatic N) is 3. The van der Waals surface area contributed by atoms with Crippen molar-refractivity contribution in [3.63, 3.8) is 0 Å². The standard InChI is InChI=1S/C10H15BrN4O/c1-16-9-8(11)6-13-10(14-9)15(5-4-12)7-2-3-7/h6-7H,2-5,12H2,1H3. The molecule has 1 aromatic rings. The second-order valence-corrected chi connectivity index (χ2v) is 4.59. The van der Waals surface area contributed by atoms with Gasteiger partial charge in [-0.2, -0.15) is 4.98 Å². The van der Waals surface area contributed by atoms with Crippen LogP contribution >= 0.6 is 15.9 Å². The minimum atomic E-state index is 0.550. The van der Waals surface area contributed by atoms with Crippen LogP contribution in [-0.2, 0) is 0 Å². The molecule has 16 heavy (non-hydrogen) atoms. The summed E-state index contributed by atoms with van der Waals surface area (Å²) in [5.74, 6) is 1.26. The van der Waals surface area contributed by atoms with Gasteiger partial charge in [0, 0.05) is 19.1 Å². The molecule has 1 saturated carbocycles. The quantitative estimate of drug-likeness (QED) is 0.881. The molecule has 0 spiro atoms. The maximum atomic E-state index is 5.60. The van der Waals surface area contributed by atoms with Crippen molar-refractivity contribution in [1.29, 1.82) is 0 Å². The lowest BCUT2D eigenvalue weighted by atomic mass is 10.5. The van der Waals surface area contributed by atoms with E-state index in [1.54, 1.807) is 13.3 Å². The first kappa shape index (κ1) is 11.6. The molecule has 0 bridgehead atoms. The highest BCUT2D eigenvalue weighted by Gasteiger charge is 2.30. The van der Waals surface area contributed by atoms with Crippen LogP contribution in [-0.4, -0.2) is 36.2 Å². The molecule has 1 heterocycles. The molecule has 1 aromatic heterocycles. The Balaban J connectivity index is 2.23. The first-order valence-corrected chi connectivity index (χ1v) is 6.08. The molecule has 2 N–H and O–H groups in total. The number of ether oxygens (including phenoxy) is 1. The van der Waals surface area contributed by atoms with E-state index in [0.717, 1.165) is 11.0 Å². The zero-order valence-electron chi connectivity index (χ0n) is 9.19. The highest BCUT2D eigenvalue weighted by molar-refractivity contribution is 9.10. The molecular weight excluding hydrogens is 272 g/mol. The number of nitrogens with two attached hydrogens (primary N) is 1. The summed E-state index contributed by atoms with van der Waals surface area (Å²) < 4.78 is 5.92. The summed E-state index contributed by atoms with van der Waals surface area (Å²) in [6.07, 6.45) is 4.11. The second kappa shape index (κ2) is 4.97. The van der Waals surface area contributed by atoms with Crippen molar-refractivity contribution >= 4 is 21.9 Å². The van der Waals surface area contributed by atoms with E-state index in [1.807, 2.05) is 0 Å². The third-order valence-electron chi connectivity index (χ3n) is 2.51. The van der Waals surface area contributed by atoms with Gasteiger partial charge in [0.15, 0.2) is 0 Å². The SMILES string of the molecule is COc1nc(N(CCN)C2CC2)ncc1Br. The van der Waals surface area contributed by atoms with Crippen LogP contribution < -0.4 is 15.4 Å². The average Bonchev–Trinajstić information content (AvgIpc) is 3.11. The van der Waals surface area contributed by atoms with Crippen molar-refractivity contribution in [3.8, 4) is 5.88 Å². The topological polar surface area (TPSA) is 64.3 Å². The number of anilines is 1. The largest absolute Gasteiger partial charge is 0.480 e. The van der Waals surface area contributed by atoms with Crippen molar-refractivity contribution < 1.29 is 4.74 Å². The highest BCUT2D eigenvalue weighted by atomic mass is 79.9. The molecule has 0 amide bonds. The molecule has 1 aliphatic rings. The van der Waals surface area contributed by atoms with Crippen LogP contribution in [0.25, 0.3) is 0 Å². The molecule has 1 fully saturated rings. The second-order valence-electron chi connectivity index (χ2n) is 3.74. The molecule has 0 unspecified atom stereocenters. The van der Waals surface area contributed by atoms with E-state index in [0.29, 0.717) is 24.4 Å². The molecule has 0 aromatic carbocycles. The smallest absolute Gasteiger partial charge is 0.232 e. The zero-order valence-corrected chi connectivity index (χ0v) is 10.8. The van der Waals surface area contributed by atoms with Crippen molar-refractivity contribution in [2.24, 2.45) is 5.73 Å². The fraction of sp³-hybridized carbons (Fsp3) is 0.600. The summed E-state index contributed by atoms with van der Waals surface area (Å²) in [7, 11) is 1.60. The van der Waals surface area contributed by atoms with Gasteiger partial charge in [-0.05, 0) is 28.8 Å². The Morgan fingerprint density at radius 2 is 2.38 bits per heavy atom. The summed E-state index contributed by atoms with van der Waals surface area (Å²) in [6, 6.07) is 0.550. The molecule has 6 heteroatoms. The minimum Gasteiger partial charge on any atom is -0.480 e. The molecule has 1 aliphatic carbocycles. The minimum absolute atomic E-state index is 0.550. The Morgan fingerprint density at radius 1 is 1.62 bits per heavy atom. The van der Waals surface area contributed by atoms with Crippen LogP contribution in [0, 0.1) is 0 Å². The predicted molar refractivity (Wildman–Crippen MR) is 65.7 cm³/mol. The van der Waals surface area contributed by atoms with Crippen molar-refractivity contribution in [3.05, 3.63) is 10.7 Å². The van der Waals surface area contributed by atoms with E-state index < -0.39 is 0 Å². The fourth-order valence-corrected chi connectivity index (χ4v) is 1.95. The van der Waals surface area contributed by atoms with E-state index in [1.165, 1.54) is 12.8 Å². The maximum absolute atomic E-state index is 5.60. The van der Waals surface area contributed by atoms with Gasteiger partial charge in [0.05, 0.1) is 17.8 Å². The van der Waals surface area contributed by atoms with Gasteiger partial charge in [-0.1, -0.05) is 0 Å². The summed E-state index contributed by atoms with van der Waals surface area (Å²) in [6.45, 7) is 1.40. The van der Waals surface area contributed by atoms with Gasteiger partial charge in [-0.15, -0.1) is 0 Å². The zero-order chi connectivity index (χ0) is 11.5. The Morgan fingerprint density at radius 3 is 2.94 bits per heavy atom. The number of aromatic nitrogens is 2. The third kappa shape index (κ3) is 2.44. The van der Waals surface area contributed by atoms with Gasteiger partial charge in [0.25, 0.3) is 0 Å². The van der Waals surface area contributed by atoms with Crippen LogP contribution in [0.5, 0.6) is 5.88 Å². The van der Waals surface area contributed by atoms with Crippen LogP contribution in [0.3, 0.4) is 0 Å². The summed E-state index contributed by atoms with van der Waals surface area (Å²) >= 11 is 3.34. The number of halogens is 1. The van der Waals surface area contributed by atoms with Gasteiger partial charge >= 0.3 is 0 Å². The third-order valence-corrected chi connectivity index (χ3v) is 3.05. The van der Waals surface area contributed by atoms with Gasteiger partial charge in [0.1, 0.15) is 0 Å². The van der Waals surface area contributed by atoms with E-state index in [9.17, 15) is 0 Å². The molecular formula is C10H15BrN4O. The molecule has 2 rings (SSSR count). The van der Waals surface area contributed by atoms with Crippen molar-refractivity contribution in [1.82, 2.24) is 9.97 Å². The molecule has 0 saturated heterocycles. The van der Waals surface area contributed by atoms with E-state index in [4.69, 9.17) is 10.5 Å². The molecule has 0 aliphatic heterocycles. The normalized spacial score (nSPS) is 14.9. The van der Waals surface area contributed by atoms with Crippen LogP contribution in [0.15, 0.2) is 10.7 Å². The summed E-state index contributed by atoms with van der Waals surface area (Å²) in [5, 5.41) is 0. The van der Waals surface area contributed by atoms with Gasteiger partial charge in [-0.25, -0.2) is 4.98 Å². The van der Waals surface area contributed by atoms with Crippen LogP contribution in [0.4, 0.5) is 5.95 Å². The Kier molecular flexibility index (Phi) is 3.60. The highest BCUT2D eigenvalue weighted by Crippen LogP contribution is 2.31. The first-order valence-electron chi connectivity index (χ1n) is 5.29. The monoisotopic (exact) mass is 286 g/mol. The Bertz CT molecular complexity index is 370. The lowest BCUT2D eigenvalue weighted by Gasteiger charge is -2.21. The van der Waals surface area contributed by atoms with E-state index >= 15 is 0 Å². The van der Waals surface area contributed by atoms with Crippen LogP contribution in [0.1, 0.15) is 12.8 Å². The summed E-state index contributed by atoms with van der Waals surface area (Å²) in [4.78, 5) is 10.8. The van der Waals surface area contributed by atoms with Gasteiger partial charge in [0.2, 0.25) is 11.8 Å². The predicted octanol–water partition coefficient (Wildman–Crippen LogP) is 1.18. The molecule has 0 radical (unpaired) electrons. The molecule has 0 atom stereocenters. The Hall–Kier alpha value is -0.880. The first-order chi connectivity index (χ1) is 7.76. The van der Waals surface area contributed by atoms with E-state index in [-0.39, 0.29) is 0 Å². The number of rotatable bonds is 5. The molecule has 88 valence electrons. The average molecular weight is 287 g/mol. The fourth-order valence-electron chi connectivity index (χ4n) is 1.60. The lowest BCUT2D eigenvalue weighted by Crippen LogP contribution is -2.32. The number of hydrogen-bond acceptors (Lipinski definition) is 5. The van der Waals surface area contributed by atoms with Crippen molar-refractivity contribution in [2.75, 3.05) is 25.1 Å².